The smallest absolute Gasteiger partial charge is 0.253 e. The number of hydrogen-bond donors (Lipinski definition) is 1. The molecule has 2 aliphatic rings. The summed E-state index contributed by atoms with van der Waals surface area (Å²) in [7, 11) is -3.44. The van der Waals surface area contributed by atoms with Crippen LogP contribution < -0.4 is 5.32 Å². The first-order valence-electron chi connectivity index (χ1n) is 10.8. The van der Waals surface area contributed by atoms with Gasteiger partial charge in [-0.15, -0.1) is 11.3 Å². The van der Waals surface area contributed by atoms with Crippen molar-refractivity contribution in [2.24, 2.45) is 5.92 Å². The van der Waals surface area contributed by atoms with Crippen LogP contribution in [0, 0.1) is 11.7 Å². The van der Waals surface area contributed by atoms with E-state index in [-0.39, 0.29) is 30.1 Å². The predicted octanol–water partition coefficient (Wildman–Crippen LogP) is 2.84. The van der Waals surface area contributed by atoms with Gasteiger partial charge in [0.1, 0.15) is 10.0 Å². The van der Waals surface area contributed by atoms with Gasteiger partial charge in [-0.25, -0.2) is 12.8 Å². The summed E-state index contributed by atoms with van der Waals surface area (Å²) in [6.45, 7) is 2.34. The number of thiophene rings is 1. The number of benzene rings is 1. The number of nitrogens with one attached hydrogen (secondary N) is 1. The number of rotatable bonds is 6. The summed E-state index contributed by atoms with van der Waals surface area (Å²) in [6.07, 6.45) is 2.89. The zero-order valence-electron chi connectivity index (χ0n) is 17.6. The minimum Gasteiger partial charge on any atom is -0.351 e. The van der Waals surface area contributed by atoms with Crippen LogP contribution in [0.1, 0.15) is 40.9 Å². The second-order valence-corrected chi connectivity index (χ2v) is 11.5. The molecule has 0 atom stereocenters. The molecule has 1 N–H and O–H groups in total. The molecule has 2 amide bonds. The highest BCUT2D eigenvalue weighted by atomic mass is 32.2. The van der Waals surface area contributed by atoms with Crippen LogP contribution in [0.25, 0.3) is 0 Å². The van der Waals surface area contributed by atoms with Crippen LogP contribution in [0.3, 0.4) is 0 Å². The van der Waals surface area contributed by atoms with Crippen LogP contribution in [0.4, 0.5) is 4.39 Å². The topological polar surface area (TPSA) is 86.8 Å². The number of hydrogen-bond acceptors (Lipinski definition) is 5. The maximum Gasteiger partial charge on any atom is 0.253 e. The van der Waals surface area contributed by atoms with E-state index >= 15 is 0 Å². The average Bonchev–Trinajstić information content (AvgIpc) is 3.51. The number of nitrogens with zero attached hydrogens (tertiary/aromatic N) is 2. The average molecular weight is 480 g/mol. The first-order chi connectivity index (χ1) is 15.3. The molecule has 2 aromatic rings. The third kappa shape index (κ3) is 5.02. The van der Waals surface area contributed by atoms with E-state index in [4.69, 9.17) is 0 Å². The Morgan fingerprint density at radius 2 is 1.66 bits per heavy atom. The van der Waals surface area contributed by atoms with E-state index in [0.717, 1.165) is 17.7 Å². The Bertz CT molecular complexity index is 1070. The van der Waals surface area contributed by atoms with E-state index in [1.54, 1.807) is 17.0 Å². The van der Waals surface area contributed by atoms with Crippen molar-refractivity contribution < 1.29 is 22.4 Å². The van der Waals surface area contributed by atoms with Crippen LogP contribution in [0.2, 0.25) is 0 Å². The molecule has 0 aliphatic carbocycles. The van der Waals surface area contributed by atoms with Gasteiger partial charge in [-0.3, -0.25) is 9.59 Å². The number of carbonyl (C=O) groups is 2. The highest BCUT2D eigenvalue weighted by molar-refractivity contribution is 7.91. The van der Waals surface area contributed by atoms with Gasteiger partial charge < -0.3 is 10.2 Å². The third-order valence-electron chi connectivity index (χ3n) is 5.98. The van der Waals surface area contributed by atoms with Crippen LogP contribution >= 0.6 is 11.3 Å². The zero-order chi connectivity index (χ0) is 22.7. The number of halogens is 1. The molecule has 0 bridgehead atoms. The highest BCUT2D eigenvalue weighted by Gasteiger charge is 2.30. The van der Waals surface area contributed by atoms with E-state index in [1.165, 1.54) is 39.9 Å². The van der Waals surface area contributed by atoms with E-state index in [0.29, 0.717) is 48.8 Å². The molecule has 2 saturated heterocycles. The zero-order valence-corrected chi connectivity index (χ0v) is 19.3. The monoisotopic (exact) mass is 479 g/mol. The maximum absolute atomic E-state index is 13.1. The molecule has 0 saturated carbocycles. The van der Waals surface area contributed by atoms with Crippen molar-refractivity contribution in [2.75, 3.05) is 26.2 Å². The second kappa shape index (κ2) is 9.68. The molecule has 1 aromatic carbocycles. The standard InChI is InChI=1S/C22H26FN3O4S2/c23-18-5-3-17(4-6-18)22(28)25-13-9-16(10-14-25)21(27)24-15-19-7-8-20(31-19)32(29,30)26-11-1-2-12-26/h3-8,16H,1-2,9-15H2,(H,24,27). The molecule has 7 nitrogen and oxygen atoms in total. The van der Waals surface area contributed by atoms with Crippen LogP contribution in [0.5, 0.6) is 0 Å². The Hall–Kier alpha value is -2.30. The van der Waals surface area contributed by atoms with Gasteiger partial charge >= 0.3 is 0 Å². The number of carbonyl (C=O) groups excluding carboxylic acids is 2. The molecule has 1 aromatic heterocycles. The van der Waals surface area contributed by atoms with Gasteiger partial charge in [0.15, 0.2) is 0 Å². The molecule has 3 heterocycles. The lowest BCUT2D eigenvalue weighted by Gasteiger charge is -2.31. The summed E-state index contributed by atoms with van der Waals surface area (Å²) < 4.78 is 40.2. The summed E-state index contributed by atoms with van der Waals surface area (Å²) in [5.74, 6) is -0.825. The van der Waals surface area contributed by atoms with E-state index in [1.807, 2.05) is 0 Å². The van der Waals surface area contributed by atoms with Crippen LogP contribution in [-0.2, 0) is 21.4 Å². The Morgan fingerprint density at radius 3 is 2.31 bits per heavy atom. The fourth-order valence-corrected chi connectivity index (χ4v) is 7.05. The van der Waals surface area contributed by atoms with Crippen molar-refractivity contribution in [1.29, 1.82) is 0 Å². The van der Waals surface area contributed by atoms with Gasteiger partial charge in [0.2, 0.25) is 5.91 Å². The molecule has 172 valence electrons. The Kier molecular flexibility index (Phi) is 6.92. The number of likely N-dealkylation sites (tertiary alicyclic amines) is 1. The largest absolute Gasteiger partial charge is 0.351 e. The SMILES string of the molecule is O=C(NCc1ccc(S(=O)(=O)N2CCCC2)s1)C1CCN(C(=O)c2ccc(F)cc2)CC1. The molecule has 2 aliphatic heterocycles. The van der Waals surface area contributed by atoms with E-state index in [2.05, 4.69) is 5.32 Å². The Balaban J connectivity index is 1.26. The fraction of sp³-hybridized carbons (Fsp3) is 0.455. The predicted molar refractivity (Wildman–Crippen MR) is 119 cm³/mol. The minimum atomic E-state index is -3.44. The molecule has 0 unspecified atom stereocenters. The maximum atomic E-state index is 13.1. The molecular formula is C22H26FN3O4S2. The van der Waals surface area contributed by atoms with Crippen molar-refractivity contribution in [1.82, 2.24) is 14.5 Å². The molecule has 0 spiro atoms. The summed E-state index contributed by atoms with van der Waals surface area (Å²) in [5.41, 5.74) is 0.437. The minimum absolute atomic E-state index is 0.0868. The molecule has 10 heteroatoms. The number of sulfonamides is 1. The molecule has 2 fully saturated rings. The number of amides is 2. The first-order valence-corrected chi connectivity index (χ1v) is 13.0. The lowest BCUT2D eigenvalue weighted by atomic mass is 9.95. The van der Waals surface area contributed by atoms with Crippen molar-refractivity contribution in [3.8, 4) is 0 Å². The highest BCUT2D eigenvalue weighted by Crippen LogP contribution is 2.27. The molecule has 32 heavy (non-hydrogen) atoms. The summed E-state index contributed by atoms with van der Waals surface area (Å²) in [6, 6.07) is 8.82. The van der Waals surface area contributed by atoms with Crippen LogP contribution in [0.15, 0.2) is 40.6 Å². The van der Waals surface area contributed by atoms with Gasteiger partial charge in [-0.05, 0) is 62.1 Å². The summed E-state index contributed by atoms with van der Waals surface area (Å²) in [5, 5.41) is 2.90. The Morgan fingerprint density at radius 1 is 1.00 bits per heavy atom. The van der Waals surface area contributed by atoms with Gasteiger partial charge in [-0.1, -0.05) is 0 Å². The van der Waals surface area contributed by atoms with Gasteiger partial charge in [0, 0.05) is 42.5 Å². The summed E-state index contributed by atoms with van der Waals surface area (Å²) >= 11 is 1.19. The van der Waals surface area contributed by atoms with Crippen molar-refractivity contribution >= 4 is 33.2 Å². The normalized spacial score (nSPS) is 18.1. The quantitative estimate of drug-likeness (QED) is 0.690. The summed E-state index contributed by atoms with van der Waals surface area (Å²) in [4.78, 5) is 27.6. The van der Waals surface area contributed by atoms with Gasteiger partial charge in [0.25, 0.3) is 15.9 Å². The second-order valence-electron chi connectivity index (χ2n) is 8.12. The van der Waals surface area contributed by atoms with E-state index in [9.17, 15) is 22.4 Å². The molecule has 0 radical (unpaired) electrons. The lowest BCUT2D eigenvalue weighted by molar-refractivity contribution is -0.126. The third-order valence-corrected chi connectivity index (χ3v) is 9.43. The van der Waals surface area contributed by atoms with Crippen LogP contribution in [-0.4, -0.2) is 55.6 Å². The molecule has 4 rings (SSSR count). The molecular weight excluding hydrogens is 453 g/mol. The first kappa shape index (κ1) is 22.9. The van der Waals surface area contributed by atoms with Gasteiger partial charge in [-0.2, -0.15) is 4.31 Å². The number of piperidine rings is 1. The lowest BCUT2D eigenvalue weighted by Crippen LogP contribution is -2.42. The Labute approximate surface area is 191 Å². The van der Waals surface area contributed by atoms with Crippen molar-refractivity contribution in [2.45, 2.75) is 36.4 Å². The van der Waals surface area contributed by atoms with Crippen molar-refractivity contribution in [3.63, 3.8) is 0 Å². The fourth-order valence-electron chi connectivity index (χ4n) is 4.09. The van der Waals surface area contributed by atoms with E-state index < -0.39 is 10.0 Å². The van der Waals surface area contributed by atoms with Crippen molar-refractivity contribution in [3.05, 3.63) is 52.7 Å². The van der Waals surface area contributed by atoms with Gasteiger partial charge in [0.05, 0.1) is 6.54 Å².